The highest BCUT2D eigenvalue weighted by atomic mass is 35.5. The van der Waals surface area contributed by atoms with Crippen LogP contribution in [0.5, 0.6) is 5.75 Å². The molecule has 2 amide bonds. The Labute approximate surface area is 264 Å². The maximum atomic E-state index is 14.3. The van der Waals surface area contributed by atoms with Crippen LogP contribution in [0.2, 0.25) is 5.02 Å². The van der Waals surface area contributed by atoms with Crippen molar-refractivity contribution >= 4 is 39.1 Å². The van der Waals surface area contributed by atoms with Gasteiger partial charge in [0.25, 0.3) is 10.0 Å². The Kier molecular flexibility index (Phi) is 11.6. The molecule has 3 aromatic rings. The van der Waals surface area contributed by atoms with Gasteiger partial charge in [0.05, 0.1) is 17.2 Å². The lowest BCUT2D eigenvalue weighted by atomic mass is 9.95. The lowest BCUT2D eigenvalue weighted by Crippen LogP contribution is -2.54. The quantitative estimate of drug-likeness (QED) is 0.235. The summed E-state index contributed by atoms with van der Waals surface area (Å²) in [6.45, 7) is 3.47. The van der Waals surface area contributed by atoms with Crippen LogP contribution < -0.4 is 14.4 Å². The largest absolute Gasteiger partial charge is 0.494 e. The van der Waals surface area contributed by atoms with Gasteiger partial charge in [-0.2, -0.15) is 0 Å². The van der Waals surface area contributed by atoms with E-state index in [4.69, 9.17) is 16.3 Å². The number of ether oxygens (including phenoxy) is 1. The molecule has 4 rings (SSSR count). The molecule has 44 heavy (non-hydrogen) atoms. The summed E-state index contributed by atoms with van der Waals surface area (Å²) in [5, 5.41) is 3.55. The molecule has 0 bridgehead atoms. The zero-order valence-electron chi connectivity index (χ0n) is 25.0. The molecule has 0 spiro atoms. The smallest absolute Gasteiger partial charge is 0.264 e. The Balaban J connectivity index is 1.71. The van der Waals surface area contributed by atoms with Crippen LogP contribution in [0.3, 0.4) is 0 Å². The SMILES string of the molecule is CCOc1ccc(N(CC(=O)N(Cc2ccccc2Cl)[C@@H](CC)C(=O)NC2CCCCC2)S(=O)(=O)c2ccc(F)cc2)cc1. The first-order chi connectivity index (χ1) is 21.1. The first-order valence-corrected chi connectivity index (χ1v) is 16.8. The lowest BCUT2D eigenvalue weighted by molar-refractivity contribution is -0.140. The number of carbonyl (C=O) groups excluding carboxylic acids is 2. The van der Waals surface area contributed by atoms with E-state index in [1.54, 1.807) is 48.5 Å². The molecule has 1 atom stereocenters. The van der Waals surface area contributed by atoms with Crippen molar-refractivity contribution in [3.05, 3.63) is 89.2 Å². The van der Waals surface area contributed by atoms with E-state index >= 15 is 0 Å². The van der Waals surface area contributed by atoms with Crippen molar-refractivity contribution in [1.29, 1.82) is 0 Å². The molecule has 0 heterocycles. The van der Waals surface area contributed by atoms with Gasteiger partial charge in [0.15, 0.2) is 0 Å². The third kappa shape index (κ3) is 8.30. The van der Waals surface area contributed by atoms with Gasteiger partial charge in [0.1, 0.15) is 24.2 Å². The van der Waals surface area contributed by atoms with Gasteiger partial charge in [-0.3, -0.25) is 13.9 Å². The maximum Gasteiger partial charge on any atom is 0.264 e. The Hall–Kier alpha value is -3.63. The standard InChI is InChI=1S/C33H39ClFN3O5S/c1-3-31(33(40)36-26-11-6-5-7-12-26)37(22-24-10-8-9-13-30(24)34)32(39)23-38(27-16-18-28(19-17-27)43-4-2)44(41,42)29-20-14-25(35)15-21-29/h8-10,13-21,26,31H,3-7,11-12,22-23H2,1-2H3,(H,36,40)/t31-/m0/s1. The molecule has 1 aliphatic rings. The summed E-state index contributed by atoms with van der Waals surface area (Å²) in [6.07, 6.45) is 5.25. The molecular formula is C33H39ClFN3O5S. The number of carbonyl (C=O) groups is 2. The van der Waals surface area contributed by atoms with Gasteiger partial charge in [-0.1, -0.05) is 56.0 Å². The molecule has 0 radical (unpaired) electrons. The van der Waals surface area contributed by atoms with Crippen LogP contribution in [-0.2, 0) is 26.2 Å². The van der Waals surface area contributed by atoms with Crippen LogP contribution in [0.4, 0.5) is 10.1 Å². The summed E-state index contributed by atoms with van der Waals surface area (Å²) in [4.78, 5) is 29.1. The van der Waals surface area contributed by atoms with Crippen molar-refractivity contribution < 1.29 is 27.1 Å². The van der Waals surface area contributed by atoms with Crippen LogP contribution in [0.1, 0.15) is 57.9 Å². The number of benzene rings is 3. The highest BCUT2D eigenvalue weighted by molar-refractivity contribution is 7.92. The lowest BCUT2D eigenvalue weighted by Gasteiger charge is -2.34. The average molecular weight is 644 g/mol. The first-order valence-electron chi connectivity index (χ1n) is 15.0. The first kappa shape index (κ1) is 33.3. The molecule has 8 nitrogen and oxygen atoms in total. The fourth-order valence-corrected chi connectivity index (χ4v) is 7.02. The molecule has 1 aliphatic carbocycles. The molecular weight excluding hydrogens is 605 g/mol. The van der Waals surface area contributed by atoms with E-state index in [0.29, 0.717) is 29.4 Å². The number of nitrogens with zero attached hydrogens (tertiary/aromatic N) is 2. The Morgan fingerprint density at radius 1 is 0.977 bits per heavy atom. The van der Waals surface area contributed by atoms with Crippen LogP contribution >= 0.6 is 11.6 Å². The van der Waals surface area contributed by atoms with E-state index < -0.39 is 34.3 Å². The van der Waals surface area contributed by atoms with Crippen LogP contribution in [-0.4, -0.2) is 50.4 Å². The van der Waals surface area contributed by atoms with Crippen LogP contribution in [0, 0.1) is 5.82 Å². The Morgan fingerprint density at radius 3 is 2.25 bits per heavy atom. The van der Waals surface area contributed by atoms with Gasteiger partial charge in [0.2, 0.25) is 11.8 Å². The number of hydrogen-bond acceptors (Lipinski definition) is 5. The van der Waals surface area contributed by atoms with Crippen molar-refractivity contribution in [2.75, 3.05) is 17.5 Å². The predicted octanol–water partition coefficient (Wildman–Crippen LogP) is 6.33. The molecule has 11 heteroatoms. The van der Waals surface area contributed by atoms with Crippen LogP contribution in [0.25, 0.3) is 0 Å². The minimum Gasteiger partial charge on any atom is -0.494 e. The van der Waals surface area contributed by atoms with Crippen molar-refractivity contribution in [2.24, 2.45) is 0 Å². The maximum absolute atomic E-state index is 14.3. The normalized spacial score (nSPS) is 14.5. The third-order valence-corrected chi connectivity index (χ3v) is 9.91. The second-order valence-electron chi connectivity index (χ2n) is 10.8. The topological polar surface area (TPSA) is 96.0 Å². The molecule has 1 N–H and O–H groups in total. The van der Waals surface area contributed by atoms with Gasteiger partial charge >= 0.3 is 0 Å². The second kappa shape index (κ2) is 15.4. The minimum atomic E-state index is -4.33. The van der Waals surface area contributed by atoms with E-state index in [9.17, 15) is 22.4 Å². The number of sulfonamides is 1. The third-order valence-electron chi connectivity index (χ3n) is 7.75. The van der Waals surface area contributed by atoms with Crippen molar-refractivity contribution in [1.82, 2.24) is 10.2 Å². The van der Waals surface area contributed by atoms with Crippen molar-refractivity contribution in [3.8, 4) is 5.75 Å². The van der Waals surface area contributed by atoms with E-state index in [1.165, 1.54) is 4.90 Å². The van der Waals surface area contributed by atoms with E-state index in [0.717, 1.165) is 60.7 Å². The van der Waals surface area contributed by atoms with Gasteiger partial charge in [-0.15, -0.1) is 0 Å². The second-order valence-corrected chi connectivity index (χ2v) is 13.0. The summed E-state index contributed by atoms with van der Waals surface area (Å²) in [7, 11) is -4.33. The minimum absolute atomic E-state index is 0.00279. The van der Waals surface area contributed by atoms with Gasteiger partial charge in [-0.05, 0) is 86.3 Å². The molecule has 0 aliphatic heterocycles. The molecule has 0 saturated heterocycles. The monoisotopic (exact) mass is 643 g/mol. The van der Waals surface area contributed by atoms with E-state index in [2.05, 4.69) is 5.32 Å². The van der Waals surface area contributed by atoms with Crippen molar-refractivity contribution in [3.63, 3.8) is 0 Å². The van der Waals surface area contributed by atoms with Gasteiger partial charge < -0.3 is 15.0 Å². The molecule has 1 fully saturated rings. The zero-order valence-corrected chi connectivity index (χ0v) is 26.6. The number of nitrogens with one attached hydrogen (secondary N) is 1. The fraction of sp³-hybridized carbons (Fsp3) is 0.394. The zero-order chi connectivity index (χ0) is 31.7. The summed E-state index contributed by atoms with van der Waals surface area (Å²) in [5.41, 5.74) is 0.837. The number of hydrogen-bond donors (Lipinski definition) is 1. The predicted molar refractivity (Wildman–Crippen MR) is 170 cm³/mol. The number of rotatable bonds is 13. The number of amides is 2. The number of anilines is 1. The van der Waals surface area contributed by atoms with Gasteiger partial charge in [-0.25, -0.2) is 12.8 Å². The van der Waals surface area contributed by atoms with Crippen LogP contribution in [0.15, 0.2) is 77.7 Å². The molecule has 3 aromatic carbocycles. The molecule has 1 saturated carbocycles. The Morgan fingerprint density at radius 2 is 1.64 bits per heavy atom. The summed E-state index contributed by atoms with van der Waals surface area (Å²) >= 11 is 6.48. The average Bonchev–Trinajstić information content (AvgIpc) is 3.02. The number of halogens is 2. The summed E-state index contributed by atoms with van der Waals surface area (Å²) in [5.74, 6) is -0.926. The summed E-state index contributed by atoms with van der Waals surface area (Å²) < 4.78 is 48.1. The van der Waals surface area contributed by atoms with Gasteiger partial charge in [0, 0.05) is 17.6 Å². The highest BCUT2D eigenvalue weighted by Crippen LogP contribution is 2.28. The van der Waals surface area contributed by atoms with E-state index in [1.807, 2.05) is 13.8 Å². The van der Waals surface area contributed by atoms with Crippen molar-refractivity contribution in [2.45, 2.75) is 75.9 Å². The Bertz CT molecular complexity index is 1510. The van der Waals surface area contributed by atoms with E-state index in [-0.39, 0.29) is 29.1 Å². The fourth-order valence-electron chi connectivity index (χ4n) is 5.41. The molecule has 0 aromatic heterocycles. The highest BCUT2D eigenvalue weighted by Gasteiger charge is 2.34. The molecule has 236 valence electrons. The molecule has 0 unspecified atom stereocenters. The summed E-state index contributed by atoms with van der Waals surface area (Å²) in [6, 6.07) is 16.9.